The number of aromatic nitrogens is 1. The van der Waals surface area contributed by atoms with Gasteiger partial charge in [-0.3, -0.25) is 4.98 Å². The van der Waals surface area contributed by atoms with Gasteiger partial charge in [0.15, 0.2) is 0 Å². The molecule has 0 radical (unpaired) electrons. The topological polar surface area (TPSA) is 42.4 Å². The standard InChI is InChI=1S/C17H15NO2/c1-12-4-7-17(14(9-12)11-19)20-15-6-5-13-3-2-8-18-16(13)10-15/h2-10,19H,11H2,1H3. The van der Waals surface area contributed by atoms with Gasteiger partial charge in [0.1, 0.15) is 11.5 Å². The average molecular weight is 265 g/mol. The van der Waals surface area contributed by atoms with Crippen LogP contribution in [0.3, 0.4) is 0 Å². The zero-order valence-corrected chi connectivity index (χ0v) is 11.2. The van der Waals surface area contributed by atoms with Crippen molar-refractivity contribution in [1.29, 1.82) is 0 Å². The Bertz CT molecular complexity index is 753. The van der Waals surface area contributed by atoms with Gasteiger partial charge in [0.05, 0.1) is 12.1 Å². The van der Waals surface area contributed by atoms with Crippen LogP contribution in [0, 0.1) is 6.92 Å². The first kappa shape index (κ1) is 12.6. The lowest BCUT2D eigenvalue weighted by atomic mass is 10.1. The van der Waals surface area contributed by atoms with E-state index in [1.165, 1.54) is 0 Å². The van der Waals surface area contributed by atoms with E-state index in [0.717, 1.165) is 27.8 Å². The van der Waals surface area contributed by atoms with Crippen LogP contribution in [0.2, 0.25) is 0 Å². The third-order valence-electron chi connectivity index (χ3n) is 3.19. The van der Waals surface area contributed by atoms with Crippen LogP contribution in [-0.4, -0.2) is 10.1 Å². The molecule has 0 aliphatic heterocycles. The molecule has 0 atom stereocenters. The molecule has 0 spiro atoms. The van der Waals surface area contributed by atoms with Crippen molar-refractivity contribution < 1.29 is 9.84 Å². The molecule has 0 aliphatic carbocycles. The number of hydrogen-bond acceptors (Lipinski definition) is 3. The number of benzene rings is 2. The summed E-state index contributed by atoms with van der Waals surface area (Å²) in [5.41, 5.74) is 2.77. The van der Waals surface area contributed by atoms with E-state index in [9.17, 15) is 5.11 Å². The molecule has 2 aromatic carbocycles. The van der Waals surface area contributed by atoms with Gasteiger partial charge in [0, 0.05) is 23.2 Å². The summed E-state index contributed by atoms with van der Waals surface area (Å²) >= 11 is 0. The van der Waals surface area contributed by atoms with E-state index in [1.807, 2.05) is 55.5 Å². The predicted molar refractivity (Wildman–Crippen MR) is 78.9 cm³/mol. The lowest BCUT2D eigenvalue weighted by Crippen LogP contribution is -1.92. The number of aryl methyl sites for hydroxylation is 1. The molecule has 0 fully saturated rings. The maximum atomic E-state index is 9.40. The SMILES string of the molecule is Cc1ccc(Oc2ccc3cccnc3c2)c(CO)c1. The zero-order chi connectivity index (χ0) is 13.9. The van der Waals surface area contributed by atoms with Crippen LogP contribution in [-0.2, 0) is 6.61 Å². The summed E-state index contributed by atoms with van der Waals surface area (Å²) in [6.07, 6.45) is 1.76. The number of nitrogens with zero attached hydrogens (tertiary/aromatic N) is 1. The quantitative estimate of drug-likeness (QED) is 0.782. The molecule has 3 aromatic rings. The molecule has 1 aromatic heterocycles. The highest BCUT2D eigenvalue weighted by molar-refractivity contribution is 5.79. The molecule has 0 amide bonds. The van der Waals surface area contributed by atoms with Gasteiger partial charge in [-0.1, -0.05) is 23.8 Å². The van der Waals surface area contributed by atoms with E-state index in [0.29, 0.717) is 5.75 Å². The van der Waals surface area contributed by atoms with Gasteiger partial charge >= 0.3 is 0 Å². The Morgan fingerprint density at radius 1 is 1.10 bits per heavy atom. The van der Waals surface area contributed by atoms with Crippen molar-refractivity contribution in [1.82, 2.24) is 4.98 Å². The van der Waals surface area contributed by atoms with Crippen molar-refractivity contribution in [2.24, 2.45) is 0 Å². The van der Waals surface area contributed by atoms with Gasteiger partial charge in [0.2, 0.25) is 0 Å². The number of fused-ring (bicyclic) bond motifs is 1. The molecule has 0 saturated heterocycles. The second-order valence-corrected chi connectivity index (χ2v) is 4.73. The molecular formula is C17H15NO2. The molecule has 0 aliphatic rings. The van der Waals surface area contributed by atoms with Crippen LogP contribution < -0.4 is 4.74 Å². The molecule has 20 heavy (non-hydrogen) atoms. The summed E-state index contributed by atoms with van der Waals surface area (Å²) in [5, 5.41) is 10.5. The van der Waals surface area contributed by atoms with E-state index < -0.39 is 0 Å². The number of hydrogen-bond donors (Lipinski definition) is 1. The zero-order valence-electron chi connectivity index (χ0n) is 11.2. The largest absolute Gasteiger partial charge is 0.457 e. The van der Waals surface area contributed by atoms with Crippen molar-refractivity contribution in [2.45, 2.75) is 13.5 Å². The Balaban J connectivity index is 1.96. The van der Waals surface area contributed by atoms with Crippen LogP contribution in [0.15, 0.2) is 54.7 Å². The summed E-state index contributed by atoms with van der Waals surface area (Å²) in [4.78, 5) is 4.31. The van der Waals surface area contributed by atoms with Crippen LogP contribution in [0.4, 0.5) is 0 Å². The fourth-order valence-corrected chi connectivity index (χ4v) is 2.17. The molecule has 100 valence electrons. The van der Waals surface area contributed by atoms with E-state index in [4.69, 9.17) is 4.74 Å². The van der Waals surface area contributed by atoms with Crippen molar-refractivity contribution >= 4 is 10.9 Å². The van der Waals surface area contributed by atoms with Crippen LogP contribution in [0.1, 0.15) is 11.1 Å². The number of rotatable bonds is 3. The molecule has 3 rings (SSSR count). The van der Waals surface area contributed by atoms with E-state index in [1.54, 1.807) is 6.20 Å². The first-order valence-corrected chi connectivity index (χ1v) is 6.49. The lowest BCUT2D eigenvalue weighted by Gasteiger charge is -2.11. The van der Waals surface area contributed by atoms with Crippen molar-refractivity contribution in [3.8, 4) is 11.5 Å². The highest BCUT2D eigenvalue weighted by atomic mass is 16.5. The van der Waals surface area contributed by atoms with E-state index in [-0.39, 0.29) is 6.61 Å². The minimum absolute atomic E-state index is 0.0388. The molecule has 3 nitrogen and oxygen atoms in total. The van der Waals surface area contributed by atoms with Crippen LogP contribution >= 0.6 is 0 Å². The van der Waals surface area contributed by atoms with Crippen molar-refractivity contribution in [3.63, 3.8) is 0 Å². The van der Waals surface area contributed by atoms with Gasteiger partial charge in [-0.25, -0.2) is 0 Å². The Morgan fingerprint density at radius 3 is 2.85 bits per heavy atom. The minimum atomic E-state index is -0.0388. The van der Waals surface area contributed by atoms with Crippen LogP contribution in [0.25, 0.3) is 10.9 Å². The highest BCUT2D eigenvalue weighted by Crippen LogP contribution is 2.28. The Hall–Kier alpha value is -2.39. The Morgan fingerprint density at radius 2 is 2.00 bits per heavy atom. The molecule has 0 unspecified atom stereocenters. The normalized spacial score (nSPS) is 10.7. The first-order chi connectivity index (χ1) is 9.76. The summed E-state index contributed by atoms with van der Waals surface area (Å²) in [7, 11) is 0. The first-order valence-electron chi connectivity index (χ1n) is 6.49. The fourth-order valence-electron chi connectivity index (χ4n) is 2.17. The molecule has 1 heterocycles. The van der Waals surface area contributed by atoms with Gasteiger partial charge in [-0.2, -0.15) is 0 Å². The fraction of sp³-hybridized carbons (Fsp3) is 0.118. The monoisotopic (exact) mass is 265 g/mol. The average Bonchev–Trinajstić information content (AvgIpc) is 2.49. The van der Waals surface area contributed by atoms with Crippen LogP contribution in [0.5, 0.6) is 11.5 Å². The molecule has 1 N–H and O–H groups in total. The predicted octanol–water partition coefficient (Wildman–Crippen LogP) is 3.83. The van der Waals surface area contributed by atoms with Gasteiger partial charge in [-0.05, 0) is 31.2 Å². The van der Waals surface area contributed by atoms with Gasteiger partial charge in [0.25, 0.3) is 0 Å². The van der Waals surface area contributed by atoms with Gasteiger partial charge < -0.3 is 9.84 Å². The number of ether oxygens (including phenoxy) is 1. The maximum absolute atomic E-state index is 9.40. The summed E-state index contributed by atoms with van der Waals surface area (Å²) in [6.45, 7) is 1.95. The third-order valence-corrected chi connectivity index (χ3v) is 3.19. The second-order valence-electron chi connectivity index (χ2n) is 4.73. The minimum Gasteiger partial charge on any atom is -0.457 e. The molecular weight excluding hydrogens is 250 g/mol. The number of aliphatic hydroxyl groups is 1. The van der Waals surface area contributed by atoms with Gasteiger partial charge in [-0.15, -0.1) is 0 Å². The van der Waals surface area contributed by atoms with Crippen molar-refractivity contribution in [3.05, 3.63) is 65.9 Å². The number of aliphatic hydroxyl groups excluding tert-OH is 1. The summed E-state index contributed by atoms with van der Waals surface area (Å²) < 4.78 is 5.86. The third kappa shape index (κ3) is 2.49. The Labute approximate surface area is 117 Å². The highest BCUT2D eigenvalue weighted by Gasteiger charge is 2.05. The Kier molecular flexibility index (Phi) is 3.35. The van der Waals surface area contributed by atoms with E-state index in [2.05, 4.69) is 4.98 Å². The number of pyridine rings is 1. The molecule has 3 heteroatoms. The maximum Gasteiger partial charge on any atom is 0.132 e. The van der Waals surface area contributed by atoms with Crippen molar-refractivity contribution in [2.75, 3.05) is 0 Å². The second kappa shape index (κ2) is 5.31. The smallest absolute Gasteiger partial charge is 0.132 e. The summed E-state index contributed by atoms with van der Waals surface area (Å²) in [5.74, 6) is 1.39. The molecule has 0 saturated carbocycles. The molecule has 0 bridgehead atoms. The van der Waals surface area contributed by atoms with E-state index >= 15 is 0 Å². The summed E-state index contributed by atoms with van der Waals surface area (Å²) in [6, 6.07) is 15.5. The lowest BCUT2D eigenvalue weighted by molar-refractivity contribution is 0.276.